The number of carboxylic acids is 1. The monoisotopic (exact) mass is 297 g/mol. The molecule has 0 spiro atoms. The van der Waals surface area contributed by atoms with Gasteiger partial charge in [-0.2, -0.15) is 0 Å². The number of hydrogen-bond acceptors (Lipinski definition) is 2. The second kappa shape index (κ2) is 7.12. The van der Waals surface area contributed by atoms with E-state index in [9.17, 15) is 4.79 Å². The number of aliphatic carboxylic acids is 1. The van der Waals surface area contributed by atoms with Crippen LogP contribution in [0.15, 0.2) is 42.5 Å². The number of aryl methyl sites for hydroxylation is 3. The Morgan fingerprint density at radius 2 is 1.64 bits per heavy atom. The van der Waals surface area contributed by atoms with Gasteiger partial charge in [-0.3, -0.25) is 4.79 Å². The zero-order chi connectivity index (χ0) is 16.1. The molecule has 0 bridgehead atoms. The maximum atomic E-state index is 10.9. The SMILES string of the molecule is Cc1ccc(CN(CCC(=O)O)c2ccc(C)cc2C)cc1. The Balaban J connectivity index is 2.25. The molecule has 22 heavy (non-hydrogen) atoms. The third-order valence-corrected chi connectivity index (χ3v) is 3.78. The van der Waals surface area contributed by atoms with Crippen LogP contribution in [0.5, 0.6) is 0 Å². The molecule has 0 saturated carbocycles. The van der Waals surface area contributed by atoms with E-state index >= 15 is 0 Å². The van der Waals surface area contributed by atoms with E-state index < -0.39 is 5.97 Å². The molecule has 0 radical (unpaired) electrons. The van der Waals surface area contributed by atoms with Gasteiger partial charge in [0.2, 0.25) is 0 Å². The molecule has 0 atom stereocenters. The highest BCUT2D eigenvalue weighted by atomic mass is 16.4. The largest absolute Gasteiger partial charge is 0.481 e. The third kappa shape index (κ3) is 4.35. The molecule has 0 heterocycles. The average Bonchev–Trinajstić information content (AvgIpc) is 2.46. The molecular weight excluding hydrogens is 274 g/mol. The maximum Gasteiger partial charge on any atom is 0.305 e. The molecule has 0 unspecified atom stereocenters. The van der Waals surface area contributed by atoms with Crippen molar-refractivity contribution in [2.45, 2.75) is 33.7 Å². The maximum absolute atomic E-state index is 10.9. The summed E-state index contributed by atoms with van der Waals surface area (Å²) in [6.07, 6.45) is 0.138. The molecule has 1 N–H and O–H groups in total. The fourth-order valence-corrected chi connectivity index (χ4v) is 2.59. The predicted molar refractivity (Wildman–Crippen MR) is 90.4 cm³/mol. The number of carboxylic acid groups (broad SMARTS) is 1. The van der Waals surface area contributed by atoms with Gasteiger partial charge in [-0.05, 0) is 38.0 Å². The summed E-state index contributed by atoms with van der Waals surface area (Å²) in [6.45, 7) is 7.43. The molecule has 0 amide bonds. The van der Waals surface area contributed by atoms with Crippen molar-refractivity contribution in [3.63, 3.8) is 0 Å². The second-order valence-corrected chi connectivity index (χ2v) is 5.84. The van der Waals surface area contributed by atoms with Crippen molar-refractivity contribution < 1.29 is 9.90 Å². The first-order chi connectivity index (χ1) is 10.5. The lowest BCUT2D eigenvalue weighted by molar-refractivity contribution is -0.136. The van der Waals surface area contributed by atoms with E-state index in [1.807, 2.05) is 0 Å². The molecule has 116 valence electrons. The number of rotatable bonds is 6. The molecule has 0 aromatic heterocycles. The van der Waals surface area contributed by atoms with Crippen molar-refractivity contribution in [1.82, 2.24) is 0 Å². The first-order valence-electron chi connectivity index (χ1n) is 7.55. The van der Waals surface area contributed by atoms with Gasteiger partial charge in [0, 0.05) is 18.8 Å². The van der Waals surface area contributed by atoms with Gasteiger partial charge in [-0.15, -0.1) is 0 Å². The molecule has 0 aliphatic carbocycles. The fourth-order valence-electron chi connectivity index (χ4n) is 2.59. The highest BCUT2D eigenvalue weighted by Gasteiger charge is 2.12. The van der Waals surface area contributed by atoms with Gasteiger partial charge in [-0.25, -0.2) is 0 Å². The van der Waals surface area contributed by atoms with Crippen molar-refractivity contribution in [3.8, 4) is 0 Å². The molecule has 3 nitrogen and oxygen atoms in total. The van der Waals surface area contributed by atoms with Crippen molar-refractivity contribution in [2.75, 3.05) is 11.4 Å². The summed E-state index contributed by atoms with van der Waals surface area (Å²) < 4.78 is 0. The summed E-state index contributed by atoms with van der Waals surface area (Å²) in [5, 5.41) is 9.00. The topological polar surface area (TPSA) is 40.5 Å². The van der Waals surface area contributed by atoms with Gasteiger partial charge in [0.05, 0.1) is 6.42 Å². The predicted octanol–water partition coefficient (Wildman–Crippen LogP) is 4.09. The Kier molecular flexibility index (Phi) is 5.21. The van der Waals surface area contributed by atoms with E-state index in [-0.39, 0.29) is 6.42 Å². The van der Waals surface area contributed by atoms with Gasteiger partial charge in [0.15, 0.2) is 0 Å². The Morgan fingerprint density at radius 3 is 2.23 bits per heavy atom. The molecule has 3 heteroatoms. The summed E-state index contributed by atoms with van der Waals surface area (Å²) in [5.74, 6) is -0.765. The molecule has 2 rings (SSSR count). The van der Waals surface area contributed by atoms with E-state index in [2.05, 4.69) is 68.1 Å². The highest BCUT2D eigenvalue weighted by Crippen LogP contribution is 2.23. The van der Waals surface area contributed by atoms with Crippen LogP contribution in [-0.4, -0.2) is 17.6 Å². The Morgan fingerprint density at radius 1 is 1.00 bits per heavy atom. The third-order valence-electron chi connectivity index (χ3n) is 3.78. The Bertz CT molecular complexity index is 647. The number of benzene rings is 2. The van der Waals surface area contributed by atoms with Crippen LogP contribution in [0, 0.1) is 20.8 Å². The molecular formula is C19H23NO2. The minimum atomic E-state index is -0.765. The summed E-state index contributed by atoms with van der Waals surface area (Å²) in [4.78, 5) is 13.1. The second-order valence-electron chi connectivity index (χ2n) is 5.84. The Hall–Kier alpha value is -2.29. The molecule has 2 aromatic carbocycles. The van der Waals surface area contributed by atoms with Crippen molar-refractivity contribution >= 4 is 11.7 Å². The minimum absolute atomic E-state index is 0.138. The number of nitrogens with zero attached hydrogens (tertiary/aromatic N) is 1. The summed E-state index contributed by atoms with van der Waals surface area (Å²) >= 11 is 0. The summed E-state index contributed by atoms with van der Waals surface area (Å²) in [7, 11) is 0. The number of carbonyl (C=O) groups is 1. The molecule has 0 aliphatic heterocycles. The smallest absolute Gasteiger partial charge is 0.305 e. The van der Waals surface area contributed by atoms with Crippen LogP contribution < -0.4 is 4.90 Å². The lowest BCUT2D eigenvalue weighted by atomic mass is 10.1. The Labute approximate surface area is 132 Å². The molecule has 0 fully saturated rings. The summed E-state index contributed by atoms with van der Waals surface area (Å²) in [5.41, 5.74) is 5.92. The van der Waals surface area contributed by atoms with Crippen molar-refractivity contribution in [1.29, 1.82) is 0 Å². The number of hydrogen-bond donors (Lipinski definition) is 1. The normalized spacial score (nSPS) is 10.5. The van der Waals surface area contributed by atoms with E-state index in [0.717, 1.165) is 12.2 Å². The first-order valence-corrected chi connectivity index (χ1v) is 7.55. The van der Waals surface area contributed by atoms with E-state index in [1.54, 1.807) is 0 Å². The van der Waals surface area contributed by atoms with Gasteiger partial charge in [-0.1, -0.05) is 47.5 Å². The van der Waals surface area contributed by atoms with Crippen LogP contribution >= 0.6 is 0 Å². The minimum Gasteiger partial charge on any atom is -0.481 e. The van der Waals surface area contributed by atoms with Crippen LogP contribution in [0.2, 0.25) is 0 Å². The van der Waals surface area contributed by atoms with Crippen LogP contribution in [0.4, 0.5) is 5.69 Å². The van der Waals surface area contributed by atoms with Crippen LogP contribution in [-0.2, 0) is 11.3 Å². The lowest BCUT2D eigenvalue weighted by Crippen LogP contribution is -2.26. The lowest BCUT2D eigenvalue weighted by Gasteiger charge is -2.26. The van der Waals surface area contributed by atoms with Gasteiger partial charge in [0.1, 0.15) is 0 Å². The standard InChI is InChI=1S/C19H23NO2/c1-14-4-7-17(8-5-14)13-20(11-10-19(21)22)18-9-6-15(2)12-16(18)3/h4-9,12H,10-11,13H2,1-3H3,(H,21,22). The first kappa shape index (κ1) is 16.1. The average molecular weight is 297 g/mol. The van der Waals surface area contributed by atoms with Crippen LogP contribution in [0.25, 0.3) is 0 Å². The molecule has 0 saturated heterocycles. The van der Waals surface area contributed by atoms with E-state index in [0.29, 0.717) is 6.54 Å². The zero-order valence-electron chi connectivity index (χ0n) is 13.5. The zero-order valence-corrected chi connectivity index (χ0v) is 13.5. The highest BCUT2D eigenvalue weighted by molar-refractivity contribution is 5.68. The van der Waals surface area contributed by atoms with Gasteiger partial charge < -0.3 is 10.0 Å². The van der Waals surface area contributed by atoms with Gasteiger partial charge in [0.25, 0.3) is 0 Å². The number of anilines is 1. The van der Waals surface area contributed by atoms with E-state index in [4.69, 9.17) is 5.11 Å². The van der Waals surface area contributed by atoms with Crippen LogP contribution in [0.3, 0.4) is 0 Å². The molecule has 2 aromatic rings. The quantitative estimate of drug-likeness (QED) is 0.873. The van der Waals surface area contributed by atoms with E-state index in [1.165, 1.54) is 22.3 Å². The molecule has 0 aliphatic rings. The van der Waals surface area contributed by atoms with Gasteiger partial charge >= 0.3 is 5.97 Å². The fraction of sp³-hybridized carbons (Fsp3) is 0.316. The summed E-state index contributed by atoms with van der Waals surface area (Å²) in [6, 6.07) is 14.7. The van der Waals surface area contributed by atoms with Crippen molar-refractivity contribution in [3.05, 3.63) is 64.7 Å². The van der Waals surface area contributed by atoms with Crippen LogP contribution in [0.1, 0.15) is 28.7 Å². The van der Waals surface area contributed by atoms with Crippen molar-refractivity contribution in [2.24, 2.45) is 0 Å².